The number of methoxy groups -OCH3 is 1. The first-order valence-electron chi connectivity index (χ1n) is 7.74. The fraction of sp³-hybridized carbons (Fsp3) is 0.316. The largest absolute Gasteiger partial charge is 0.497 e. The van der Waals surface area contributed by atoms with Gasteiger partial charge in [0, 0.05) is 13.1 Å². The molecule has 1 aliphatic heterocycles. The Balaban J connectivity index is 1.66. The molecule has 0 atom stereocenters. The van der Waals surface area contributed by atoms with E-state index in [1.807, 2.05) is 29.2 Å². The molecule has 3 nitrogen and oxygen atoms in total. The van der Waals surface area contributed by atoms with Gasteiger partial charge in [-0.05, 0) is 41.7 Å². The molecule has 0 saturated carbocycles. The van der Waals surface area contributed by atoms with Crippen molar-refractivity contribution in [2.24, 2.45) is 0 Å². The monoisotopic (exact) mass is 295 g/mol. The Morgan fingerprint density at radius 3 is 2.36 bits per heavy atom. The van der Waals surface area contributed by atoms with Gasteiger partial charge in [0.2, 0.25) is 5.91 Å². The molecule has 1 amide bonds. The Morgan fingerprint density at radius 2 is 1.73 bits per heavy atom. The minimum Gasteiger partial charge on any atom is -0.497 e. The van der Waals surface area contributed by atoms with Crippen molar-refractivity contribution in [2.45, 2.75) is 19.3 Å². The molecule has 0 aromatic heterocycles. The van der Waals surface area contributed by atoms with Gasteiger partial charge in [0.25, 0.3) is 0 Å². The Labute approximate surface area is 131 Å². The molecule has 22 heavy (non-hydrogen) atoms. The summed E-state index contributed by atoms with van der Waals surface area (Å²) in [5.74, 6) is 0.995. The minimum absolute atomic E-state index is 0.195. The molecule has 0 N–H and O–H groups in total. The molecule has 3 rings (SSSR count). The molecule has 0 aliphatic carbocycles. The van der Waals surface area contributed by atoms with Crippen LogP contribution in [0.2, 0.25) is 0 Å². The van der Waals surface area contributed by atoms with Crippen LogP contribution in [-0.4, -0.2) is 31.0 Å². The molecule has 0 radical (unpaired) electrons. The average molecular weight is 295 g/mol. The van der Waals surface area contributed by atoms with Gasteiger partial charge in [-0.2, -0.15) is 0 Å². The molecule has 1 heterocycles. The van der Waals surface area contributed by atoms with Crippen molar-refractivity contribution in [2.75, 3.05) is 20.2 Å². The summed E-state index contributed by atoms with van der Waals surface area (Å²) in [5.41, 5.74) is 3.75. The first-order valence-corrected chi connectivity index (χ1v) is 7.74. The van der Waals surface area contributed by atoms with Crippen LogP contribution < -0.4 is 4.74 Å². The maximum absolute atomic E-state index is 12.6. The van der Waals surface area contributed by atoms with Crippen LogP contribution in [0.5, 0.6) is 5.75 Å². The van der Waals surface area contributed by atoms with E-state index in [2.05, 4.69) is 24.3 Å². The van der Waals surface area contributed by atoms with E-state index in [0.29, 0.717) is 6.42 Å². The van der Waals surface area contributed by atoms with Gasteiger partial charge in [-0.1, -0.05) is 36.4 Å². The molecule has 0 bridgehead atoms. The molecule has 0 unspecified atom stereocenters. The number of hydrogen-bond donors (Lipinski definition) is 0. The fourth-order valence-corrected chi connectivity index (χ4v) is 2.99. The third-order valence-electron chi connectivity index (χ3n) is 4.26. The molecular formula is C19H21NO2. The van der Waals surface area contributed by atoms with Crippen molar-refractivity contribution >= 4 is 5.91 Å². The standard InChI is InChI=1S/C19H21NO2/c1-22-18-8-4-5-15(13-18)14-19(21)20-11-9-16-6-2-3-7-17(16)10-12-20/h2-8,13H,9-12,14H2,1H3. The van der Waals surface area contributed by atoms with Gasteiger partial charge in [0.15, 0.2) is 0 Å². The molecule has 1 aliphatic rings. The van der Waals surface area contributed by atoms with Crippen molar-refractivity contribution in [3.05, 3.63) is 65.2 Å². The van der Waals surface area contributed by atoms with E-state index in [1.165, 1.54) is 11.1 Å². The van der Waals surface area contributed by atoms with Crippen LogP contribution in [0.1, 0.15) is 16.7 Å². The van der Waals surface area contributed by atoms with Gasteiger partial charge < -0.3 is 9.64 Å². The molecule has 0 fully saturated rings. The summed E-state index contributed by atoms with van der Waals surface area (Å²) < 4.78 is 5.22. The molecule has 2 aromatic rings. The van der Waals surface area contributed by atoms with E-state index in [0.717, 1.165) is 37.2 Å². The van der Waals surface area contributed by atoms with Crippen molar-refractivity contribution in [3.8, 4) is 5.75 Å². The highest BCUT2D eigenvalue weighted by atomic mass is 16.5. The lowest BCUT2D eigenvalue weighted by molar-refractivity contribution is -0.130. The maximum Gasteiger partial charge on any atom is 0.227 e. The number of rotatable bonds is 3. The van der Waals surface area contributed by atoms with Crippen LogP contribution in [-0.2, 0) is 24.1 Å². The van der Waals surface area contributed by atoms with Gasteiger partial charge in [0.1, 0.15) is 5.75 Å². The molecule has 0 saturated heterocycles. The highest BCUT2D eigenvalue weighted by Gasteiger charge is 2.18. The van der Waals surface area contributed by atoms with Crippen LogP contribution in [0.4, 0.5) is 0 Å². The summed E-state index contributed by atoms with van der Waals surface area (Å²) in [6, 6.07) is 16.2. The van der Waals surface area contributed by atoms with E-state index in [-0.39, 0.29) is 5.91 Å². The SMILES string of the molecule is COc1cccc(CC(=O)N2CCc3ccccc3CC2)c1. The number of carbonyl (C=O) groups is 1. The topological polar surface area (TPSA) is 29.5 Å². The minimum atomic E-state index is 0.195. The summed E-state index contributed by atoms with van der Waals surface area (Å²) in [6.45, 7) is 1.61. The van der Waals surface area contributed by atoms with E-state index < -0.39 is 0 Å². The third-order valence-corrected chi connectivity index (χ3v) is 4.26. The lowest BCUT2D eigenvalue weighted by atomic mass is 10.0. The highest BCUT2D eigenvalue weighted by Crippen LogP contribution is 2.17. The number of ether oxygens (including phenoxy) is 1. The Kier molecular flexibility index (Phi) is 4.42. The molecular weight excluding hydrogens is 274 g/mol. The number of nitrogens with zero attached hydrogens (tertiary/aromatic N) is 1. The second-order valence-electron chi connectivity index (χ2n) is 5.68. The van der Waals surface area contributed by atoms with Crippen LogP contribution in [0, 0.1) is 0 Å². The zero-order valence-corrected chi connectivity index (χ0v) is 12.9. The Hall–Kier alpha value is -2.29. The van der Waals surface area contributed by atoms with Crippen LogP contribution in [0.3, 0.4) is 0 Å². The van der Waals surface area contributed by atoms with E-state index in [9.17, 15) is 4.79 Å². The van der Waals surface area contributed by atoms with Gasteiger partial charge in [-0.3, -0.25) is 4.79 Å². The van der Waals surface area contributed by atoms with Gasteiger partial charge in [0.05, 0.1) is 13.5 Å². The molecule has 114 valence electrons. The highest BCUT2D eigenvalue weighted by molar-refractivity contribution is 5.79. The van der Waals surface area contributed by atoms with Crippen LogP contribution in [0.15, 0.2) is 48.5 Å². The predicted molar refractivity (Wildman–Crippen MR) is 87.1 cm³/mol. The van der Waals surface area contributed by atoms with E-state index in [1.54, 1.807) is 7.11 Å². The van der Waals surface area contributed by atoms with E-state index in [4.69, 9.17) is 4.74 Å². The fourth-order valence-electron chi connectivity index (χ4n) is 2.99. The van der Waals surface area contributed by atoms with Crippen molar-refractivity contribution in [1.82, 2.24) is 4.90 Å². The van der Waals surface area contributed by atoms with Gasteiger partial charge in [-0.25, -0.2) is 0 Å². The summed E-state index contributed by atoms with van der Waals surface area (Å²) in [5, 5.41) is 0. The second kappa shape index (κ2) is 6.65. The lowest BCUT2D eigenvalue weighted by Crippen LogP contribution is -2.34. The first-order chi connectivity index (χ1) is 10.8. The van der Waals surface area contributed by atoms with Crippen LogP contribution in [0.25, 0.3) is 0 Å². The molecule has 0 spiro atoms. The number of amides is 1. The van der Waals surface area contributed by atoms with Crippen molar-refractivity contribution in [3.63, 3.8) is 0 Å². The molecule has 2 aromatic carbocycles. The molecule has 3 heteroatoms. The predicted octanol–water partition coefficient (Wildman–Crippen LogP) is 2.87. The summed E-state index contributed by atoms with van der Waals surface area (Å²) in [4.78, 5) is 14.5. The number of benzene rings is 2. The van der Waals surface area contributed by atoms with Crippen LogP contribution >= 0.6 is 0 Å². The zero-order chi connectivity index (χ0) is 15.4. The normalized spacial score (nSPS) is 14.1. The van der Waals surface area contributed by atoms with Gasteiger partial charge >= 0.3 is 0 Å². The van der Waals surface area contributed by atoms with Crippen molar-refractivity contribution < 1.29 is 9.53 Å². The lowest BCUT2D eigenvalue weighted by Gasteiger charge is -2.20. The first kappa shape index (κ1) is 14.6. The Bertz CT molecular complexity index is 639. The second-order valence-corrected chi connectivity index (χ2v) is 5.68. The zero-order valence-electron chi connectivity index (χ0n) is 12.9. The average Bonchev–Trinajstić information content (AvgIpc) is 2.77. The quantitative estimate of drug-likeness (QED) is 0.871. The number of hydrogen-bond acceptors (Lipinski definition) is 2. The third kappa shape index (κ3) is 3.30. The van der Waals surface area contributed by atoms with Crippen molar-refractivity contribution in [1.29, 1.82) is 0 Å². The number of carbonyl (C=O) groups excluding carboxylic acids is 1. The van der Waals surface area contributed by atoms with E-state index >= 15 is 0 Å². The maximum atomic E-state index is 12.6. The summed E-state index contributed by atoms with van der Waals surface area (Å²) >= 11 is 0. The summed E-state index contributed by atoms with van der Waals surface area (Å²) in [7, 11) is 1.65. The smallest absolute Gasteiger partial charge is 0.227 e. The van der Waals surface area contributed by atoms with Gasteiger partial charge in [-0.15, -0.1) is 0 Å². The number of fused-ring (bicyclic) bond motifs is 1. The summed E-state index contributed by atoms with van der Waals surface area (Å²) in [6.07, 6.45) is 2.33. The Morgan fingerprint density at radius 1 is 1.05 bits per heavy atom.